The molecule has 4 rings (SSSR count). The van der Waals surface area contributed by atoms with Gasteiger partial charge in [-0.25, -0.2) is 4.68 Å². The second-order valence-corrected chi connectivity index (χ2v) is 9.84. The number of benzene rings is 2. The molecule has 0 radical (unpaired) electrons. The number of hydrogen-bond acceptors (Lipinski definition) is 6. The molecule has 2 aromatic carbocycles. The standard InChI is InChI=1S/C26H36N6O/c1-7-33-22-12-10-21(11-13-22)24(25-27-28-29-32(25)26(4,5)6)31-16-14-30(15-17-31)23-18-19(2)8-9-20(23)3/h8-13,18,24H,7,14-17H2,1-6H3/t24-/m0/s1. The number of rotatable bonds is 6. The van der Waals surface area contributed by atoms with E-state index in [1.807, 2.05) is 23.7 Å². The molecule has 3 aromatic rings. The lowest BCUT2D eigenvalue weighted by Gasteiger charge is -2.41. The van der Waals surface area contributed by atoms with E-state index in [2.05, 4.69) is 90.3 Å². The fourth-order valence-corrected chi connectivity index (χ4v) is 4.56. The molecule has 1 aliphatic heterocycles. The van der Waals surface area contributed by atoms with Crippen LogP contribution in [0.1, 0.15) is 56.3 Å². The minimum atomic E-state index is -0.206. The molecule has 1 atom stereocenters. The molecule has 0 amide bonds. The van der Waals surface area contributed by atoms with Gasteiger partial charge in [0.05, 0.1) is 18.2 Å². The molecular formula is C26H36N6O. The lowest BCUT2D eigenvalue weighted by Crippen LogP contribution is -2.49. The fourth-order valence-electron chi connectivity index (χ4n) is 4.56. The predicted molar refractivity (Wildman–Crippen MR) is 132 cm³/mol. The van der Waals surface area contributed by atoms with Crippen LogP contribution in [0.5, 0.6) is 5.75 Å². The van der Waals surface area contributed by atoms with Crippen molar-refractivity contribution in [1.29, 1.82) is 0 Å². The molecule has 176 valence electrons. The number of aryl methyl sites for hydroxylation is 2. The summed E-state index contributed by atoms with van der Waals surface area (Å²) in [6.07, 6.45) is 0. The quantitative estimate of drug-likeness (QED) is 0.559. The molecule has 0 aliphatic carbocycles. The highest BCUT2D eigenvalue weighted by atomic mass is 16.5. The molecule has 0 unspecified atom stereocenters. The Balaban J connectivity index is 1.63. The normalized spacial score (nSPS) is 16.1. The van der Waals surface area contributed by atoms with Gasteiger partial charge in [0.1, 0.15) is 5.75 Å². The van der Waals surface area contributed by atoms with Crippen molar-refractivity contribution in [2.75, 3.05) is 37.7 Å². The van der Waals surface area contributed by atoms with Crippen molar-refractivity contribution in [3.63, 3.8) is 0 Å². The summed E-state index contributed by atoms with van der Waals surface area (Å²) in [6.45, 7) is 17.2. The van der Waals surface area contributed by atoms with Gasteiger partial charge in [-0.05, 0) is 86.9 Å². The third-order valence-electron chi connectivity index (χ3n) is 6.27. The van der Waals surface area contributed by atoms with E-state index in [1.165, 1.54) is 22.4 Å². The first-order valence-electron chi connectivity index (χ1n) is 11.9. The maximum atomic E-state index is 5.67. The topological polar surface area (TPSA) is 59.3 Å². The van der Waals surface area contributed by atoms with Crippen molar-refractivity contribution < 1.29 is 4.74 Å². The molecule has 33 heavy (non-hydrogen) atoms. The van der Waals surface area contributed by atoms with Gasteiger partial charge in [-0.3, -0.25) is 4.90 Å². The Morgan fingerprint density at radius 2 is 1.67 bits per heavy atom. The molecule has 0 spiro atoms. The Bertz CT molecular complexity index is 1060. The average molecular weight is 449 g/mol. The first-order chi connectivity index (χ1) is 15.8. The lowest BCUT2D eigenvalue weighted by atomic mass is 10.0. The largest absolute Gasteiger partial charge is 0.494 e. The highest BCUT2D eigenvalue weighted by molar-refractivity contribution is 5.55. The molecular weight excluding hydrogens is 412 g/mol. The van der Waals surface area contributed by atoms with Gasteiger partial charge in [-0.15, -0.1) is 5.10 Å². The number of anilines is 1. The van der Waals surface area contributed by atoms with Crippen LogP contribution in [0.3, 0.4) is 0 Å². The van der Waals surface area contributed by atoms with Crippen molar-refractivity contribution in [1.82, 2.24) is 25.1 Å². The first kappa shape index (κ1) is 23.2. The number of hydrogen-bond donors (Lipinski definition) is 0. The van der Waals surface area contributed by atoms with E-state index in [0.29, 0.717) is 6.61 Å². The Hall–Kier alpha value is -2.93. The maximum absolute atomic E-state index is 5.67. The van der Waals surface area contributed by atoms with E-state index in [9.17, 15) is 0 Å². The molecule has 7 nitrogen and oxygen atoms in total. The van der Waals surface area contributed by atoms with E-state index >= 15 is 0 Å². The number of ether oxygens (including phenoxy) is 1. The molecule has 1 aliphatic rings. The van der Waals surface area contributed by atoms with Crippen LogP contribution < -0.4 is 9.64 Å². The summed E-state index contributed by atoms with van der Waals surface area (Å²) in [5, 5.41) is 12.9. The van der Waals surface area contributed by atoms with Gasteiger partial charge in [-0.1, -0.05) is 24.3 Å². The third kappa shape index (κ3) is 5.03. The van der Waals surface area contributed by atoms with E-state index < -0.39 is 0 Å². The Morgan fingerprint density at radius 1 is 0.970 bits per heavy atom. The van der Waals surface area contributed by atoms with E-state index in [1.54, 1.807) is 0 Å². The first-order valence-corrected chi connectivity index (χ1v) is 11.9. The maximum Gasteiger partial charge on any atom is 0.173 e. The summed E-state index contributed by atoms with van der Waals surface area (Å²) in [5.74, 6) is 1.77. The summed E-state index contributed by atoms with van der Waals surface area (Å²) in [6, 6.07) is 15.1. The highest BCUT2D eigenvalue weighted by Crippen LogP contribution is 2.32. The molecule has 2 heterocycles. The van der Waals surface area contributed by atoms with E-state index in [0.717, 1.165) is 37.8 Å². The van der Waals surface area contributed by atoms with Gasteiger partial charge in [-0.2, -0.15) is 0 Å². The van der Waals surface area contributed by atoms with Gasteiger partial charge in [0.25, 0.3) is 0 Å². The Labute approximate surface area is 197 Å². The monoisotopic (exact) mass is 448 g/mol. The zero-order valence-corrected chi connectivity index (χ0v) is 20.7. The van der Waals surface area contributed by atoms with Gasteiger partial charge in [0.2, 0.25) is 0 Å². The van der Waals surface area contributed by atoms with Gasteiger partial charge in [0, 0.05) is 31.9 Å². The number of piperazine rings is 1. The van der Waals surface area contributed by atoms with Crippen LogP contribution in [0.15, 0.2) is 42.5 Å². The lowest BCUT2D eigenvalue weighted by molar-refractivity contribution is 0.191. The van der Waals surface area contributed by atoms with Gasteiger partial charge in [0.15, 0.2) is 5.82 Å². The molecule has 7 heteroatoms. The number of tetrazole rings is 1. The molecule has 0 N–H and O–H groups in total. The van der Waals surface area contributed by atoms with Crippen LogP contribution in [0, 0.1) is 13.8 Å². The summed E-state index contributed by atoms with van der Waals surface area (Å²) >= 11 is 0. The smallest absolute Gasteiger partial charge is 0.173 e. The summed E-state index contributed by atoms with van der Waals surface area (Å²) in [7, 11) is 0. The fraction of sp³-hybridized carbons (Fsp3) is 0.500. The molecule has 0 bridgehead atoms. The van der Waals surface area contributed by atoms with Crippen molar-refractivity contribution in [3.8, 4) is 5.75 Å². The van der Waals surface area contributed by atoms with Crippen LogP contribution >= 0.6 is 0 Å². The van der Waals surface area contributed by atoms with Gasteiger partial charge < -0.3 is 9.64 Å². The molecule has 0 saturated carbocycles. The average Bonchev–Trinajstić information content (AvgIpc) is 3.28. The zero-order chi connectivity index (χ0) is 23.6. The van der Waals surface area contributed by atoms with Crippen molar-refractivity contribution in [2.24, 2.45) is 0 Å². The number of nitrogens with zero attached hydrogens (tertiary/aromatic N) is 6. The van der Waals surface area contributed by atoms with Crippen molar-refractivity contribution >= 4 is 5.69 Å². The van der Waals surface area contributed by atoms with Crippen LogP contribution in [-0.2, 0) is 5.54 Å². The third-order valence-corrected chi connectivity index (χ3v) is 6.27. The van der Waals surface area contributed by atoms with Gasteiger partial charge >= 0.3 is 0 Å². The van der Waals surface area contributed by atoms with Crippen molar-refractivity contribution in [3.05, 3.63) is 65.0 Å². The van der Waals surface area contributed by atoms with Crippen LogP contribution in [0.4, 0.5) is 5.69 Å². The molecule has 1 aromatic heterocycles. The SMILES string of the molecule is CCOc1ccc([C@@H](c2nnnn2C(C)(C)C)N2CCN(c3cc(C)ccc3C)CC2)cc1. The van der Waals surface area contributed by atoms with E-state index in [4.69, 9.17) is 4.74 Å². The Morgan fingerprint density at radius 3 is 2.30 bits per heavy atom. The van der Waals surface area contributed by atoms with Crippen LogP contribution in [0.25, 0.3) is 0 Å². The minimum Gasteiger partial charge on any atom is -0.494 e. The molecule has 1 saturated heterocycles. The highest BCUT2D eigenvalue weighted by Gasteiger charge is 2.33. The summed E-state index contributed by atoms with van der Waals surface area (Å²) in [4.78, 5) is 5.01. The molecule has 1 fully saturated rings. The van der Waals surface area contributed by atoms with Crippen molar-refractivity contribution in [2.45, 2.75) is 53.1 Å². The minimum absolute atomic E-state index is 0.0179. The summed E-state index contributed by atoms with van der Waals surface area (Å²) < 4.78 is 7.64. The Kier molecular flexibility index (Phi) is 6.70. The number of aromatic nitrogens is 4. The van der Waals surface area contributed by atoms with E-state index in [-0.39, 0.29) is 11.6 Å². The van der Waals surface area contributed by atoms with Crippen LogP contribution in [-0.4, -0.2) is 57.9 Å². The second kappa shape index (κ2) is 9.51. The zero-order valence-electron chi connectivity index (χ0n) is 20.7. The van der Waals surface area contributed by atoms with Crippen LogP contribution in [0.2, 0.25) is 0 Å². The second-order valence-electron chi connectivity index (χ2n) is 9.84. The summed E-state index contributed by atoms with van der Waals surface area (Å²) in [5.41, 5.74) is 4.94. The predicted octanol–water partition coefficient (Wildman–Crippen LogP) is 4.36.